The molecular weight excluding hydrogens is 187 g/mol. The summed E-state index contributed by atoms with van der Waals surface area (Å²) >= 11 is 0. The first-order chi connectivity index (χ1) is 7.27. The number of hydrogen-bond donors (Lipinski definition) is 0. The number of fused-ring (bicyclic) bond motifs is 1. The third-order valence-corrected chi connectivity index (χ3v) is 2.61. The second kappa shape index (κ2) is 3.74. The second-order valence-electron chi connectivity index (χ2n) is 3.44. The molecule has 0 fully saturated rings. The Morgan fingerprint density at radius 1 is 1.27 bits per heavy atom. The summed E-state index contributed by atoms with van der Waals surface area (Å²) in [6.45, 7) is 2.04. The van der Waals surface area contributed by atoms with Gasteiger partial charge in [-0.1, -0.05) is 37.1 Å². The molecule has 74 valence electrons. The summed E-state index contributed by atoms with van der Waals surface area (Å²) in [5.41, 5.74) is 1.48. The number of aryl methyl sites for hydroxylation is 1. The van der Waals surface area contributed by atoms with Gasteiger partial charge in [0.25, 0.3) is 0 Å². The fraction of sp³-hybridized carbons (Fsp3) is 0.143. The third-order valence-electron chi connectivity index (χ3n) is 2.61. The molecule has 0 amide bonds. The van der Waals surface area contributed by atoms with E-state index >= 15 is 0 Å². The van der Waals surface area contributed by atoms with Crippen LogP contribution in [0, 0.1) is 18.2 Å². The van der Waals surface area contributed by atoms with E-state index in [-0.39, 0.29) is 5.82 Å². The molecule has 0 bridgehead atoms. The van der Waals surface area contributed by atoms with Crippen molar-refractivity contribution in [3.8, 4) is 12.3 Å². The molecule has 0 nitrogen and oxygen atoms in total. The minimum Gasteiger partial charge on any atom is -0.206 e. The van der Waals surface area contributed by atoms with Crippen LogP contribution in [0.5, 0.6) is 0 Å². The van der Waals surface area contributed by atoms with Gasteiger partial charge in [-0.25, -0.2) is 4.39 Å². The van der Waals surface area contributed by atoms with Crippen LogP contribution in [-0.2, 0) is 6.42 Å². The molecule has 0 aliphatic rings. The monoisotopic (exact) mass is 198 g/mol. The predicted molar refractivity (Wildman–Crippen MR) is 61.2 cm³/mol. The van der Waals surface area contributed by atoms with Gasteiger partial charge in [-0.3, -0.25) is 0 Å². The molecule has 0 aliphatic carbocycles. The van der Waals surface area contributed by atoms with E-state index in [1.165, 1.54) is 6.07 Å². The zero-order valence-corrected chi connectivity index (χ0v) is 8.55. The van der Waals surface area contributed by atoms with Gasteiger partial charge in [0.1, 0.15) is 5.82 Å². The summed E-state index contributed by atoms with van der Waals surface area (Å²) in [4.78, 5) is 0. The highest BCUT2D eigenvalue weighted by molar-refractivity contribution is 5.91. The van der Waals surface area contributed by atoms with Crippen molar-refractivity contribution in [3.05, 3.63) is 47.3 Å². The average molecular weight is 198 g/mol. The van der Waals surface area contributed by atoms with Gasteiger partial charge in [-0.15, -0.1) is 6.42 Å². The maximum atomic E-state index is 13.5. The first-order valence-corrected chi connectivity index (χ1v) is 4.94. The number of halogens is 1. The quantitative estimate of drug-likeness (QED) is 0.615. The molecule has 0 spiro atoms. The van der Waals surface area contributed by atoms with Gasteiger partial charge in [0, 0.05) is 5.39 Å². The molecule has 2 aromatic carbocycles. The molecule has 0 saturated heterocycles. The highest BCUT2D eigenvalue weighted by atomic mass is 19.1. The van der Waals surface area contributed by atoms with Crippen molar-refractivity contribution in [1.82, 2.24) is 0 Å². The lowest BCUT2D eigenvalue weighted by atomic mass is 9.98. The standard InChI is InChI=1S/C14H11F/c1-3-10-6-5-7-11-8-9-13(15)12(4-2)14(10)11/h2,5-9H,3H2,1H3. The largest absolute Gasteiger partial charge is 0.206 e. The maximum absolute atomic E-state index is 13.5. The molecule has 0 heterocycles. The van der Waals surface area contributed by atoms with Gasteiger partial charge >= 0.3 is 0 Å². The van der Waals surface area contributed by atoms with Crippen LogP contribution >= 0.6 is 0 Å². The molecule has 0 unspecified atom stereocenters. The Morgan fingerprint density at radius 2 is 2.07 bits per heavy atom. The molecule has 0 saturated carbocycles. The van der Waals surface area contributed by atoms with Gasteiger partial charge in [-0.05, 0) is 23.4 Å². The van der Waals surface area contributed by atoms with Crippen molar-refractivity contribution in [2.24, 2.45) is 0 Å². The average Bonchev–Trinajstić information content (AvgIpc) is 2.28. The Morgan fingerprint density at radius 3 is 2.73 bits per heavy atom. The van der Waals surface area contributed by atoms with E-state index in [9.17, 15) is 4.39 Å². The summed E-state index contributed by atoms with van der Waals surface area (Å²) < 4.78 is 13.5. The summed E-state index contributed by atoms with van der Waals surface area (Å²) in [5, 5.41) is 1.88. The first-order valence-electron chi connectivity index (χ1n) is 4.94. The van der Waals surface area contributed by atoms with Crippen molar-refractivity contribution in [2.75, 3.05) is 0 Å². The van der Waals surface area contributed by atoms with Crippen molar-refractivity contribution >= 4 is 10.8 Å². The molecule has 0 atom stereocenters. The zero-order chi connectivity index (χ0) is 10.8. The lowest BCUT2D eigenvalue weighted by Crippen LogP contribution is -1.91. The lowest BCUT2D eigenvalue weighted by molar-refractivity contribution is 0.626. The van der Waals surface area contributed by atoms with Crippen LogP contribution in [0.1, 0.15) is 18.1 Å². The van der Waals surface area contributed by atoms with Gasteiger partial charge in [0.15, 0.2) is 0 Å². The third kappa shape index (κ3) is 1.49. The van der Waals surface area contributed by atoms with Gasteiger partial charge in [0.05, 0.1) is 5.56 Å². The Labute approximate surface area is 88.7 Å². The van der Waals surface area contributed by atoms with E-state index in [0.29, 0.717) is 5.56 Å². The highest BCUT2D eigenvalue weighted by Crippen LogP contribution is 2.25. The summed E-state index contributed by atoms with van der Waals surface area (Å²) in [6, 6.07) is 9.11. The van der Waals surface area contributed by atoms with Crippen LogP contribution in [0.25, 0.3) is 10.8 Å². The van der Waals surface area contributed by atoms with E-state index in [4.69, 9.17) is 6.42 Å². The molecule has 1 heteroatoms. The van der Waals surface area contributed by atoms with E-state index in [1.807, 2.05) is 25.1 Å². The van der Waals surface area contributed by atoms with Crippen molar-refractivity contribution < 1.29 is 4.39 Å². The molecule has 0 aliphatic heterocycles. The van der Waals surface area contributed by atoms with E-state index in [0.717, 1.165) is 22.8 Å². The molecule has 0 aromatic heterocycles. The zero-order valence-electron chi connectivity index (χ0n) is 8.55. The first kappa shape index (κ1) is 9.73. The molecule has 2 aromatic rings. The van der Waals surface area contributed by atoms with Gasteiger partial charge in [0.2, 0.25) is 0 Å². The highest BCUT2D eigenvalue weighted by Gasteiger charge is 2.07. The smallest absolute Gasteiger partial charge is 0.139 e. The minimum atomic E-state index is -0.314. The van der Waals surface area contributed by atoms with Crippen LogP contribution in [0.4, 0.5) is 4.39 Å². The van der Waals surface area contributed by atoms with Gasteiger partial charge in [-0.2, -0.15) is 0 Å². The predicted octanol–water partition coefficient (Wildman–Crippen LogP) is 3.52. The minimum absolute atomic E-state index is 0.314. The summed E-state index contributed by atoms with van der Waals surface area (Å²) in [7, 11) is 0. The van der Waals surface area contributed by atoms with Crippen molar-refractivity contribution in [3.63, 3.8) is 0 Å². The normalized spacial score (nSPS) is 10.2. The second-order valence-corrected chi connectivity index (χ2v) is 3.44. The Bertz CT molecular complexity index is 547. The fourth-order valence-electron chi connectivity index (χ4n) is 1.87. The van der Waals surface area contributed by atoms with Crippen LogP contribution in [0.2, 0.25) is 0 Å². The van der Waals surface area contributed by atoms with E-state index in [1.54, 1.807) is 6.07 Å². The molecule has 15 heavy (non-hydrogen) atoms. The molecular formula is C14H11F. The summed E-state index contributed by atoms with van der Waals surface area (Å²) in [5.74, 6) is 2.12. The van der Waals surface area contributed by atoms with E-state index < -0.39 is 0 Å². The lowest BCUT2D eigenvalue weighted by Gasteiger charge is -2.07. The van der Waals surface area contributed by atoms with Crippen LogP contribution in [0.15, 0.2) is 30.3 Å². The van der Waals surface area contributed by atoms with Crippen LogP contribution < -0.4 is 0 Å². The fourth-order valence-corrected chi connectivity index (χ4v) is 1.87. The number of terminal acetylenes is 1. The van der Waals surface area contributed by atoms with Crippen LogP contribution in [0.3, 0.4) is 0 Å². The Balaban J connectivity index is 2.95. The summed E-state index contributed by atoms with van der Waals surface area (Å²) in [6.07, 6.45) is 6.21. The topological polar surface area (TPSA) is 0 Å². The number of benzene rings is 2. The van der Waals surface area contributed by atoms with Crippen molar-refractivity contribution in [2.45, 2.75) is 13.3 Å². The number of hydrogen-bond acceptors (Lipinski definition) is 0. The maximum Gasteiger partial charge on any atom is 0.139 e. The Hall–Kier alpha value is -1.81. The van der Waals surface area contributed by atoms with E-state index in [2.05, 4.69) is 5.92 Å². The molecule has 0 N–H and O–H groups in total. The molecule has 0 radical (unpaired) electrons. The SMILES string of the molecule is C#Cc1c(F)ccc2cccc(CC)c12. The number of rotatable bonds is 1. The molecule has 2 rings (SSSR count). The Kier molecular flexibility index (Phi) is 2.43. The van der Waals surface area contributed by atoms with Gasteiger partial charge < -0.3 is 0 Å². The van der Waals surface area contributed by atoms with Crippen LogP contribution in [-0.4, -0.2) is 0 Å². The van der Waals surface area contributed by atoms with Crippen molar-refractivity contribution in [1.29, 1.82) is 0 Å².